The summed E-state index contributed by atoms with van der Waals surface area (Å²) in [5.74, 6) is -2.51. The summed E-state index contributed by atoms with van der Waals surface area (Å²) >= 11 is 0. The van der Waals surface area contributed by atoms with Crippen molar-refractivity contribution < 1.29 is 24.2 Å². The number of hydrogen-bond acceptors (Lipinski definition) is 8. The number of benzene rings is 1. The van der Waals surface area contributed by atoms with Crippen LogP contribution in [0.5, 0.6) is 0 Å². The molecular formula is C8H5N3O6. The zero-order chi connectivity index (χ0) is 12.4. The molecule has 88 valence electrons. The molecule has 0 bridgehead atoms. The maximum absolute atomic E-state index is 10.9. The number of carbonyl (C=O) groups excluding carboxylic acids is 2. The Hall–Kier alpha value is -2.68. The summed E-state index contributed by atoms with van der Waals surface area (Å²) in [5.41, 5.74) is 1.56. The Bertz CT molecular complexity index is 502. The molecule has 0 aliphatic carbocycles. The molecule has 1 aromatic carbocycles. The van der Waals surface area contributed by atoms with E-state index in [1.165, 1.54) is 24.3 Å². The van der Waals surface area contributed by atoms with Crippen LogP contribution in [0.15, 0.2) is 24.3 Å². The fraction of sp³-hybridized carbons (Fsp3) is 0. The number of nitro groups is 1. The largest absolute Gasteiger partial charge is 0.444 e. The van der Waals surface area contributed by atoms with Gasteiger partial charge in [0.2, 0.25) is 0 Å². The van der Waals surface area contributed by atoms with Gasteiger partial charge in [0.05, 0.1) is 4.92 Å². The molecule has 1 aromatic rings. The number of hydrazine groups is 1. The SMILES string of the molecule is O=C1ONN(c2ccccc2[N+](=O)[O-])OC1=O. The number of hydrogen-bond donors (Lipinski definition) is 1. The van der Waals surface area contributed by atoms with Crippen molar-refractivity contribution in [3.05, 3.63) is 34.4 Å². The topological polar surface area (TPSA) is 111 Å². The van der Waals surface area contributed by atoms with E-state index >= 15 is 0 Å². The number of carbonyl (C=O) groups is 2. The Labute approximate surface area is 93.5 Å². The van der Waals surface area contributed by atoms with Crippen LogP contribution >= 0.6 is 0 Å². The molecule has 0 radical (unpaired) electrons. The van der Waals surface area contributed by atoms with Gasteiger partial charge in [0.15, 0.2) is 5.69 Å². The van der Waals surface area contributed by atoms with Crippen molar-refractivity contribution in [2.24, 2.45) is 0 Å². The summed E-state index contributed by atoms with van der Waals surface area (Å²) in [6.07, 6.45) is 0. The Balaban J connectivity index is 2.32. The van der Waals surface area contributed by atoms with Crippen molar-refractivity contribution in [3.63, 3.8) is 0 Å². The molecular weight excluding hydrogens is 234 g/mol. The van der Waals surface area contributed by atoms with E-state index in [1.54, 1.807) is 0 Å². The molecule has 0 saturated carbocycles. The first kappa shape index (κ1) is 10.8. The van der Waals surface area contributed by atoms with Gasteiger partial charge in [-0.3, -0.25) is 10.1 Å². The van der Waals surface area contributed by atoms with Crippen molar-refractivity contribution in [2.75, 3.05) is 5.17 Å². The molecule has 0 atom stereocenters. The first-order valence-electron chi connectivity index (χ1n) is 4.32. The molecule has 17 heavy (non-hydrogen) atoms. The lowest BCUT2D eigenvalue weighted by Gasteiger charge is -2.24. The lowest BCUT2D eigenvalue weighted by molar-refractivity contribution is -0.384. The highest BCUT2D eigenvalue weighted by molar-refractivity contribution is 6.30. The summed E-state index contributed by atoms with van der Waals surface area (Å²) in [6, 6.07) is 5.46. The summed E-state index contributed by atoms with van der Waals surface area (Å²) in [5, 5.41) is 11.3. The zero-order valence-corrected chi connectivity index (χ0v) is 8.15. The van der Waals surface area contributed by atoms with Crippen molar-refractivity contribution in [3.8, 4) is 0 Å². The summed E-state index contributed by atoms with van der Waals surface area (Å²) in [7, 11) is 0. The van der Waals surface area contributed by atoms with Crippen LogP contribution in [0.4, 0.5) is 11.4 Å². The van der Waals surface area contributed by atoms with E-state index in [4.69, 9.17) is 0 Å². The molecule has 1 N–H and O–H groups in total. The van der Waals surface area contributed by atoms with Crippen molar-refractivity contribution in [2.45, 2.75) is 0 Å². The van der Waals surface area contributed by atoms with Crippen molar-refractivity contribution >= 4 is 23.3 Å². The van der Waals surface area contributed by atoms with Gasteiger partial charge in [-0.15, -0.1) is 0 Å². The zero-order valence-electron chi connectivity index (χ0n) is 8.15. The third-order valence-corrected chi connectivity index (χ3v) is 1.86. The highest BCUT2D eigenvalue weighted by atomic mass is 16.9. The minimum absolute atomic E-state index is 0.0710. The van der Waals surface area contributed by atoms with E-state index in [1.807, 2.05) is 5.59 Å². The monoisotopic (exact) mass is 239 g/mol. The lowest BCUT2D eigenvalue weighted by Crippen LogP contribution is -2.49. The number of rotatable bonds is 2. The van der Waals surface area contributed by atoms with Crippen LogP contribution in [0.1, 0.15) is 0 Å². The van der Waals surface area contributed by atoms with Crippen LogP contribution in [0.3, 0.4) is 0 Å². The van der Waals surface area contributed by atoms with Gasteiger partial charge in [0.1, 0.15) is 0 Å². The first-order chi connectivity index (χ1) is 8.09. The third kappa shape index (κ3) is 1.99. The highest BCUT2D eigenvalue weighted by Gasteiger charge is 2.32. The van der Waals surface area contributed by atoms with E-state index in [9.17, 15) is 19.7 Å². The lowest BCUT2D eigenvalue weighted by atomic mass is 10.3. The average molecular weight is 239 g/mol. The van der Waals surface area contributed by atoms with Crippen LogP contribution in [-0.2, 0) is 19.3 Å². The number of nitrogens with one attached hydrogen (secondary N) is 1. The van der Waals surface area contributed by atoms with E-state index < -0.39 is 16.9 Å². The Morgan fingerprint density at radius 3 is 2.59 bits per heavy atom. The Morgan fingerprint density at radius 2 is 1.94 bits per heavy atom. The van der Waals surface area contributed by atoms with E-state index in [0.29, 0.717) is 5.17 Å². The number of anilines is 1. The van der Waals surface area contributed by atoms with Gasteiger partial charge in [-0.2, -0.15) is 0 Å². The molecule has 1 saturated heterocycles. The fourth-order valence-electron chi connectivity index (χ4n) is 1.15. The van der Waals surface area contributed by atoms with Gasteiger partial charge >= 0.3 is 11.9 Å². The second-order valence-electron chi connectivity index (χ2n) is 2.90. The van der Waals surface area contributed by atoms with E-state index in [-0.39, 0.29) is 11.4 Å². The normalized spacial score (nSPS) is 15.2. The predicted octanol–water partition coefficient (Wildman–Crippen LogP) is -0.164. The number of para-hydroxylation sites is 2. The molecule has 0 aromatic heterocycles. The Morgan fingerprint density at radius 1 is 1.24 bits per heavy atom. The summed E-state index contributed by atoms with van der Waals surface area (Å²) < 4.78 is 0. The van der Waals surface area contributed by atoms with Gasteiger partial charge in [-0.05, 0) is 11.7 Å². The van der Waals surface area contributed by atoms with Crippen LogP contribution < -0.4 is 10.8 Å². The van der Waals surface area contributed by atoms with Gasteiger partial charge in [0, 0.05) is 6.07 Å². The second kappa shape index (κ2) is 4.06. The third-order valence-electron chi connectivity index (χ3n) is 1.86. The fourth-order valence-corrected chi connectivity index (χ4v) is 1.15. The predicted molar refractivity (Wildman–Crippen MR) is 50.9 cm³/mol. The maximum atomic E-state index is 10.9. The molecule has 0 amide bonds. The summed E-state index contributed by atoms with van der Waals surface area (Å²) in [6.45, 7) is 0. The molecule has 0 spiro atoms. The molecule has 0 unspecified atom stereocenters. The molecule has 1 aliphatic heterocycles. The van der Waals surface area contributed by atoms with E-state index in [0.717, 1.165) is 0 Å². The van der Waals surface area contributed by atoms with Crippen LogP contribution in [0.25, 0.3) is 0 Å². The smallest absolute Gasteiger partial charge is 0.338 e. The standard InChI is InChI=1S/C8H5N3O6/c12-7-8(13)17-10(9-16-7)5-3-1-2-4-6(5)11(14)15/h1-4,9H. The van der Waals surface area contributed by atoms with Crippen molar-refractivity contribution in [1.29, 1.82) is 0 Å². The number of nitro benzene ring substituents is 1. The van der Waals surface area contributed by atoms with Crippen molar-refractivity contribution in [1.82, 2.24) is 5.59 Å². The van der Waals surface area contributed by atoms with Crippen LogP contribution in [0, 0.1) is 10.1 Å². The average Bonchev–Trinajstić information content (AvgIpc) is 2.32. The Kier molecular flexibility index (Phi) is 2.58. The molecule has 2 rings (SSSR count). The second-order valence-corrected chi connectivity index (χ2v) is 2.90. The van der Waals surface area contributed by atoms with Crippen LogP contribution in [-0.4, -0.2) is 16.9 Å². The van der Waals surface area contributed by atoms with Gasteiger partial charge < -0.3 is 9.68 Å². The molecule has 9 heteroatoms. The minimum Gasteiger partial charge on any atom is -0.338 e. The quantitative estimate of drug-likeness (QED) is 0.430. The number of nitrogens with zero attached hydrogens (tertiary/aromatic N) is 2. The molecule has 1 heterocycles. The van der Waals surface area contributed by atoms with Crippen LogP contribution in [0.2, 0.25) is 0 Å². The first-order valence-corrected chi connectivity index (χ1v) is 4.32. The van der Waals surface area contributed by atoms with Gasteiger partial charge in [0.25, 0.3) is 5.69 Å². The van der Waals surface area contributed by atoms with Gasteiger partial charge in [-0.1, -0.05) is 17.3 Å². The molecule has 1 aliphatic rings. The molecule has 1 fully saturated rings. The molecule has 9 nitrogen and oxygen atoms in total. The summed E-state index contributed by atoms with van der Waals surface area (Å²) in [4.78, 5) is 40.3. The maximum Gasteiger partial charge on any atom is 0.444 e. The van der Waals surface area contributed by atoms with Gasteiger partial charge in [-0.25, -0.2) is 9.59 Å². The van der Waals surface area contributed by atoms with E-state index in [2.05, 4.69) is 9.68 Å². The minimum atomic E-state index is -1.28. The highest BCUT2D eigenvalue weighted by Crippen LogP contribution is 2.27.